The quantitative estimate of drug-likeness (QED) is 0.551. The van der Waals surface area contributed by atoms with Crippen LogP contribution in [0.2, 0.25) is 5.02 Å². The maximum Gasteiger partial charge on any atom is 0.213 e. The molecular formula is C17H12ClFN2O. The van der Waals surface area contributed by atoms with Crippen LogP contribution in [-0.4, -0.2) is 4.98 Å². The van der Waals surface area contributed by atoms with Crippen molar-refractivity contribution in [2.24, 2.45) is 0 Å². The first kappa shape index (κ1) is 14.4. The first-order valence-corrected chi connectivity index (χ1v) is 6.94. The minimum Gasteiger partial charge on any atom is -0.457 e. The Hall–Kier alpha value is -2.59. The smallest absolute Gasteiger partial charge is 0.213 e. The summed E-state index contributed by atoms with van der Waals surface area (Å²) in [4.78, 5) is 3.56. The van der Waals surface area contributed by atoms with Crippen molar-refractivity contribution in [3.05, 3.63) is 71.8 Å². The summed E-state index contributed by atoms with van der Waals surface area (Å²) >= 11 is 5.96. The summed E-state index contributed by atoms with van der Waals surface area (Å²) in [5, 5.41) is 0.568. The third-order valence-electron chi connectivity index (χ3n) is 3.07. The van der Waals surface area contributed by atoms with Crippen LogP contribution in [0, 0.1) is 5.95 Å². The second-order valence-electron chi connectivity index (χ2n) is 4.68. The zero-order chi connectivity index (χ0) is 15.5. The summed E-state index contributed by atoms with van der Waals surface area (Å²) in [6.45, 7) is 0. The Morgan fingerprint density at radius 2 is 1.91 bits per heavy atom. The number of hydrogen-bond acceptors (Lipinski definition) is 3. The SMILES string of the molecule is Nc1ccc(-c2ccnc(F)c2)c(Oc2cccc(Cl)c2)c1. The van der Waals surface area contributed by atoms with Gasteiger partial charge in [0, 0.05) is 34.6 Å². The molecule has 2 N–H and O–H groups in total. The minimum absolute atomic E-state index is 0.521. The van der Waals surface area contributed by atoms with Crippen molar-refractivity contribution in [2.45, 2.75) is 0 Å². The number of rotatable bonds is 3. The summed E-state index contributed by atoms with van der Waals surface area (Å²) in [5.74, 6) is 0.546. The summed E-state index contributed by atoms with van der Waals surface area (Å²) in [6.07, 6.45) is 1.41. The number of pyridine rings is 1. The number of halogens is 2. The van der Waals surface area contributed by atoms with E-state index < -0.39 is 5.95 Å². The highest BCUT2D eigenvalue weighted by molar-refractivity contribution is 6.30. The van der Waals surface area contributed by atoms with Crippen LogP contribution in [0.25, 0.3) is 11.1 Å². The van der Waals surface area contributed by atoms with Crippen LogP contribution in [0.5, 0.6) is 11.5 Å². The molecule has 3 rings (SSSR count). The van der Waals surface area contributed by atoms with Gasteiger partial charge in [0.15, 0.2) is 0 Å². The topological polar surface area (TPSA) is 48.1 Å². The third kappa shape index (κ3) is 3.18. The Bertz CT molecular complexity index is 823. The average molecular weight is 315 g/mol. The van der Waals surface area contributed by atoms with Crippen molar-refractivity contribution in [1.29, 1.82) is 0 Å². The molecule has 0 atom stereocenters. The van der Waals surface area contributed by atoms with Gasteiger partial charge in [0.2, 0.25) is 5.95 Å². The van der Waals surface area contributed by atoms with Crippen molar-refractivity contribution in [3.8, 4) is 22.6 Å². The molecule has 0 spiro atoms. The van der Waals surface area contributed by atoms with E-state index in [4.69, 9.17) is 22.1 Å². The second kappa shape index (κ2) is 6.03. The van der Waals surface area contributed by atoms with Crippen molar-refractivity contribution in [3.63, 3.8) is 0 Å². The number of nitrogens with two attached hydrogens (primary N) is 1. The lowest BCUT2D eigenvalue weighted by atomic mass is 10.1. The number of hydrogen-bond donors (Lipinski definition) is 1. The van der Waals surface area contributed by atoms with Crippen molar-refractivity contribution in [2.75, 3.05) is 5.73 Å². The van der Waals surface area contributed by atoms with Crippen LogP contribution < -0.4 is 10.5 Å². The van der Waals surface area contributed by atoms with Crippen LogP contribution in [0.3, 0.4) is 0 Å². The van der Waals surface area contributed by atoms with Gasteiger partial charge in [-0.1, -0.05) is 17.7 Å². The maximum atomic E-state index is 13.3. The van der Waals surface area contributed by atoms with Gasteiger partial charge in [0.05, 0.1) is 0 Å². The van der Waals surface area contributed by atoms with Gasteiger partial charge in [0.25, 0.3) is 0 Å². The Morgan fingerprint density at radius 3 is 2.68 bits per heavy atom. The molecule has 5 heteroatoms. The number of ether oxygens (including phenoxy) is 1. The van der Waals surface area contributed by atoms with Gasteiger partial charge in [-0.15, -0.1) is 0 Å². The number of benzene rings is 2. The molecule has 0 radical (unpaired) electrons. The molecule has 0 unspecified atom stereocenters. The zero-order valence-electron chi connectivity index (χ0n) is 11.5. The molecule has 0 amide bonds. The molecule has 0 saturated heterocycles. The second-order valence-corrected chi connectivity index (χ2v) is 5.12. The van der Waals surface area contributed by atoms with Crippen molar-refractivity contribution >= 4 is 17.3 Å². The van der Waals surface area contributed by atoms with Gasteiger partial charge < -0.3 is 10.5 Å². The highest BCUT2D eigenvalue weighted by Gasteiger charge is 2.10. The van der Waals surface area contributed by atoms with Crippen LogP contribution >= 0.6 is 11.6 Å². The number of nitrogens with zero attached hydrogens (tertiary/aromatic N) is 1. The third-order valence-corrected chi connectivity index (χ3v) is 3.30. The lowest BCUT2D eigenvalue weighted by Gasteiger charge is -2.12. The normalized spacial score (nSPS) is 10.5. The Kier molecular flexibility index (Phi) is 3.94. The van der Waals surface area contributed by atoms with E-state index in [1.165, 1.54) is 12.3 Å². The molecule has 22 heavy (non-hydrogen) atoms. The van der Waals surface area contributed by atoms with E-state index >= 15 is 0 Å². The highest BCUT2D eigenvalue weighted by Crippen LogP contribution is 2.35. The van der Waals surface area contributed by atoms with Crippen LogP contribution in [-0.2, 0) is 0 Å². The maximum absolute atomic E-state index is 13.3. The van der Waals surface area contributed by atoms with E-state index in [2.05, 4.69) is 4.98 Å². The molecule has 0 bridgehead atoms. The molecule has 110 valence electrons. The first-order valence-electron chi connectivity index (χ1n) is 6.57. The molecule has 3 nitrogen and oxygen atoms in total. The van der Waals surface area contributed by atoms with E-state index in [9.17, 15) is 4.39 Å². The standard InChI is InChI=1S/C17H12ClFN2O/c18-12-2-1-3-14(9-12)22-16-10-13(20)4-5-15(16)11-6-7-21-17(19)8-11/h1-10H,20H2. The van der Waals surface area contributed by atoms with Crippen LogP contribution in [0.15, 0.2) is 60.8 Å². The van der Waals surface area contributed by atoms with E-state index in [-0.39, 0.29) is 0 Å². The van der Waals surface area contributed by atoms with Gasteiger partial charge in [-0.25, -0.2) is 4.98 Å². The molecule has 0 aliphatic heterocycles. The number of aromatic nitrogens is 1. The van der Waals surface area contributed by atoms with E-state index in [0.29, 0.717) is 27.8 Å². The molecule has 0 aliphatic rings. The fourth-order valence-corrected chi connectivity index (χ4v) is 2.27. The molecular weight excluding hydrogens is 303 g/mol. The average Bonchev–Trinajstić information content (AvgIpc) is 2.47. The molecule has 2 aromatic carbocycles. The van der Waals surface area contributed by atoms with Crippen molar-refractivity contribution in [1.82, 2.24) is 4.98 Å². The molecule has 0 fully saturated rings. The fourth-order valence-electron chi connectivity index (χ4n) is 2.09. The van der Waals surface area contributed by atoms with Gasteiger partial charge >= 0.3 is 0 Å². The van der Waals surface area contributed by atoms with Gasteiger partial charge in [-0.3, -0.25) is 0 Å². The van der Waals surface area contributed by atoms with E-state index in [0.717, 1.165) is 5.56 Å². The highest BCUT2D eigenvalue weighted by atomic mass is 35.5. The van der Waals surface area contributed by atoms with Gasteiger partial charge in [0.1, 0.15) is 11.5 Å². The first-order chi connectivity index (χ1) is 10.6. The minimum atomic E-state index is -0.553. The van der Waals surface area contributed by atoms with E-state index in [1.54, 1.807) is 48.5 Å². The lowest BCUT2D eigenvalue weighted by Crippen LogP contribution is -1.92. The number of nitrogen functional groups attached to an aromatic ring is 1. The zero-order valence-corrected chi connectivity index (χ0v) is 12.2. The molecule has 0 aliphatic carbocycles. The molecule has 3 aromatic rings. The lowest BCUT2D eigenvalue weighted by molar-refractivity contribution is 0.485. The monoisotopic (exact) mass is 314 g/mol. The summed E-state index contributed by atoms with van der Waals surface area (Å²) in [5.41, 5.74) is 7.75. The predicted molar refractivity (Wildman–Crippen MR) is 85.6 cm³/mol. The molecule has 0 saturated carbocycles. The summed E-state index contributed by atoms with van der Waals surface area (Å²) in [6, 6.07) is 15.3. The van der Waals surface area contributed by atoms with Crippen LogP contribution in [0.1, 0.15) is 0 Å². The summed E-state index contributed by atoms with van der Waals surface area (Å²) < 4.78 is 19.2. The van der Waals surface area contributed by atoms with E-state index in [1.807, 2.05) is 0 Å². The molecule has 1 heterocycles. The molecule has 1 aromatic heterocycles. The fraction of sp³-hybridized carbons (Fsp3) is 0. The summed E-state index contributed by atoms with van der Waals surface area (Å²) in [7, 11) is 0. The van der Waals surface area contributed by atoms with Crippen molar-refractivity contribution < 1.29 is 9.13 Å². The van der Waals surface area contributed by atoms with Gasteiger partial charge in [-0.05, 0) is 42.0 Å². The number of anilines is 1. The Labute approximate surface area is 132 Å². The largest absolute Gasteiger partial charge is 0.457 e. The van der Waals surface area contributed by atoms with Gasteiger partial charge in [-0.2, -0.15) is 4.39 Å². The van der Waals surface area contributed by atoms with Crippen LogP contribution in [0.4, 0.5) is 10.1 Å². The Morgan fingerprint density at radius 1 is 1.05 bits per heavy atom. The predicted octanol–water partition coefficient (Wildman–Crippen LogP) is 4.92. The Balaban J connectivity index is 2.05.